The van der Waals surface area contributed by atoms with E-state index in [0.717, 1.165) is 16.9 Å². The lowest BCUT2D eigenvalue weighted by Gasteiger charge is -2.18. The highest BCUT2D eigenvalue weighted by molar-refractivity contribution is 7.20. The highest BCUT2D eigenvalue weighted by Crippen LogP contribution is 2.29. The minimum atomic E-state index is -0.853. The maximum Gasteiger partial charge on any atom is 0.338 e. The summed E-state index contributed by atoms with van der Waals surface area (Å²) < 4.78 is 6.31. The number of ether oxygens (including phenoxy) is 1. The number of thiophene rings is 1. The van der Waals surface area contributed by atoms with E-state index in [2.05, 4.69) is 15.6 Å². The van der Waals surface area contributed by atoms with Gasteiger partial charge in [-0.25, -0.2) is 9.78 Å². The summed E-state index contributed by atoms with van der Waals surface area (Å²) in [4.78, 5) is 57.0. The summed E-state index contributed by atoms with van der Waals surface area (Å²) in [6, 6.07) is 13.0. The maximum absolute atomic E-state index is 13.5. The van der Waals surface area contributed by atoms with Gasteiger partial charge in [-0.15, -0.1) is 11.3 Å². The van der Waals surface area contributed by atoms with Gasteiger partial charge >= 0.3 is 5.97 Å². The molecule has 2 heterocycles. The van der Waals surface area contributed by atoms with Crippen LogP contribution in [0.4, 0.5) is 11.4 Å². The predicted molar refractivity (Wildman–Crippen MR) is 148 cm³/mol. The first-order chi connectivity index (χ1) is 18.2. The summed E-state index contributed by atoms with van der Waals surface area (Å²) in [5.41, 5.74) is 2.44. The lowest BCUT2D eigenvalue weighted by molar-refractivity contribution is -0.119. The Kier molecular flexibility index (Phi) is 8.02. The second kappa shape index (κ2) is 11.4. The van der Waals surface area contributed by atoms with Crippen LogP contribution in [0.1, 0.15) is 57.5 Å². The van der Waals surface area contributed by atoms with E-state index in [-0.39, 0.29) is 12.5 Å². The molecule has 1 unspecified atom stereocenters. The zero-order valence-electron chi connectivity index (χ0n) is 21.5. The molecule has 0 aliphatic heterocycles. The Bertz CT molecular complexity index is 1590. The third-order valence-corrected chi connectivity index (χ3v) is 7.34. The van der Waals surface area contributed by atoms with E-state index < -0.39 is 23.5 Å². The highest BCUT2D eigenvalue weighted by Gasteiger charge is 2.25. The number of rotatable bonds is 8. The summed E-state index contributed by atoms with van der Waals surface area (Å²) >= 11 is 1.14. The van der Waals surface area contributed by atoms with Crippen LogP contribution >= 0.6 is 11.3 Å². The Labute approximate surface area is 223 Å². The molecule has 0 fully saturated rings. The van der Waals surface area contributed by atoms with Crippen molar-refractivity contribution in [2.75, 3.05) is 17.2 Å². The van der Waals surface area contributed by atoms with E-state index >= 15 is 0 Å². The Morgan fingerprint density at radius 3 is 2.53 bits per heavy atom. The lowest BCUT2D eigenvalue weighted by atomic mass is 10.1. The Morgan fingerprint density at radius 2 is 1.82 bits per heavy atom. The quantitative estimate of drug-likeness (QED) is 0.305. The van der Waals surface area contributed by atoms with Crippen LogP contribution in [0, 0.1) is 13.8 Å². The molecule has 4 rings (SSSR count). The van der Waals surface area contributed by atoms with Crippen molar-refractivity contribution in [3.05, 3.63) is 86.8 Å². The molecule has 9 nitrogen and oxygen atoms in total. The number of amides is 2. The average molecular weight is 533 g/mol. The molecule has 0 aliphatic rings. The van der Waals surface area contributed by atoms with Gasteiger partial charge in [-0.05, 0) is 62.6 Å². The van der Waals surface area contributed by atoms with Crippen molar-refractivity contribution in [2.45, 2.75) is 40.2 Å². The third kappa shape index (κ3) is 5.35. The van der Waals surface area contributed by atoms with E-state index in [1.807, 2.05) is 31.2 Å². The van der Waals surface area contributed by atoms with E-state index in [1.54, 1.807) is 39.0 Å². The van der Waals surface area contributed by atoms with Gasteiger partial charge in [0.05, 0.1) is 28.8 Å². The minimum absolute atomic E-state index is 0.239. The molecule has 0 saturated heterocycles. The monoisotopic (exact) mass is 532 g/mol. The Morgan fingerprint density at radius 1 is 1.05 bits per heavy atom. The second-order valence-electron chi connectivity index (χ2n) is 8.68. The van der Waals surface area contributed by atoms with Gasteiger partial charge in [-0.2, -0.15) is 0 Å². The smallest absolute Gasteiger partial charge is 0.338 e. The lowest BCUT2D eigenvalue weighted by Crippen LogP contribution is -2.33. The molecule has 196 valence electrons. The molecule has 2 amide bonds. The summed E-state index contributed by atoms with van der Waals surface area (Å²) in [6.07, 6.45) is 1.66. The number of carbonyl (C=O) groups excluding carboxylic acids is 3. The molecule has 0 aliphatic carbocycles. The first-order valence-corrected chi connectivity index (χ1v) is 13.0. The van der Waals surface area contributed by atoms with Crippen molar-refractivity contribution >= 4 is 50.7 Å². The summed E-state index contributed by atoms with van der Waals surface area (Å²) in [7, 11) is 0. The molecule has 2 aromatic heterocycles. The van der Waals surface area contributed by atoms with Crippen molar-refractivity contribution in [1.82, 2.24) is 9.55 Å². The number of nitrogens with one attached hydrogen (secondary N) is 2. The number of para-hydroxylation sites is 1. The first kappa shape index (κ1) is 26.7. The number of fused-ring (bicyclic) bond motifs is 1. The van der Waals surface area contributed by atoms with Crippen LogP contribution < -0.4 is 16.2 Å². The zero-order valence-corrected chi connectivity index (χ0v) is 22.3. The van der Waals surface area contributed by atoms with E-state index in [9.17, 15) is 19.2 Å². The van der Waals surface area contributed by atoms with E-state index in [4.69, 9.17) is 4.74 Å². The van der Waals surface area contributed by atoms with Crippen LogP contribution in [0.15, 0.2) is 59.7 Å². The SMILES string of the molecule is CCOC(=O)c1cccc(NC(=O)C(CC)n2cnc3sc(C(=O)Nc4ccccc4C)c(C)c3c2=O)c1. The number of aryl methyl sites for hydroxylation is 2. The molecular weight excluding hydrogens is 504 g/mol. The van der Waals surface area contributed by atoms with Gasteiger partial charge in [-0.1, -0.05) is 31.2 Å². The van der Waals surface area contributed by atoms with E-state index in [0.29, 0.717) is 44.0 Å². The van der Waals surface area contributed by atoms with Crippen molar-refractivity contribution in [1.29, 1.82) is 0 Å². The summed E-state index contributed by atoms with van der Waals surface area (Å²) in [5.74, 6) is -1.24. The number of hydrogen-bond acceptors (Lipinski definition) is 7. The molecule has 4 aromatic rings. The highest BCUT2D eigenvalue weighted by atomic mass is 32.1. The van der Waals surface area contributed by atoms with Crippen LogP contribution in [0.2, 0.25) is 0 Å². The molecule has 10 heteroatoms. The number of carbonyl (C=O) groups is 3. The molecule has 38 heavy (non-hydrogen) atoms. The largest absolute Gasteiger partial charge is 0.462 e. The van der Waals surface area contributed by atoms with Gasteiger partial charge < -0.3 is 15.4 Å². The number of anilines is 2. The standard InChI is InChI=1S/C28H28N4O5S/c1-5-21(24(33)30-19-12-9-11-18(14-19)28(36)37-6-2)32-15-29-26-22(27(32)35)17(4)23(38-26)25(34)31-20-13-8-7-10-16(20)3/h7-15,21H,5-6H2,1-4H3,(H,30,33)(H,31,34). The van der Waals surface area contributed by atoms with E-state index in [1.165, 1.54) is 17.0 Å². The third-order valence-electron chi connectivity index (χ3n) is 6.14. The molecule has 2 N–H and O–H groups in total. The van der Waals surface area contributed by atoms with Gasteiger partial charge in [0, 0.05) is 11.4 Å². The average Bonchev–Trinajstić information content (AvgIpc) is 3.24. The summed E-state index contributed by atoms with van der Waals surface area (Å²) in [6.45, 7) is 7.35. The minimum Gasteiger partial charge on any atom is -0.462 e. The van der Waals surface area contributed by atoms with Gasteiger partial charge in [0.1, 0.15) is 10.9 Å². The van der Waals surface area contributed by atoms with Gasteiger partial charge in [0.15, 0.2) is 0 Å². The maximum atomic E-state index is 13.5. The number of hydrogen-bond donors (Lipinski definition) is 2. The molecule has 0 radical (unpaired) electrons. The number of nitrogens with zero attached hydrogens (tertiary/aromatic N) is 2. The molecule has 0 spiro atoms. The van der Waals surface area contributed by atoms with Crippen LogP contribution in [-0.2, 0) is 9.53 Å². The number of benzene rings is 2. The predicted octanol–water partition coefficient (Wildman–Crippen LogP) is 5.09. The van der Waals surface area contributed by atoms with Gasteiger partial charge in [0.2, 0.25) is 5.91 Å². The first-order valence-electron chi connectivity index (χ1n) is 12.2. The van der Waals surface area contributed by atoms with Crippen LogP contribution in [0.5, 0.6) is 0 Å². The normalized spacial score (nSPS) is 11.7. The Hall–Kier alpha value is -4.31. The molecule has 1 atom stereocenters. The topological polar surface area (TPSA) is 119 Å². The number of esters is 1. The molecular formula is C28H28N4O5S. The Balaban J connectivity index is 1.62. The molecule has 0 bridgehead atoms. The molecule has 2 aromatic carbocycles. The van der Waals surface area contributed by atoms with Crippen LogP contribution in [-0.4, -0.2) is 33.9 Å². The fraction of sp³-hybridized carbons (Fsp3) is 0.250. The van der Waals surface area contributed by atoms with Crippen LogP contribution in [0.25, 0.3) is 10.2 Å². The molecule has 0 saturated carbocycles. The summed E-state index contributed by atoms with van der Waals surface area (Å²) in [5, 5.41) is 5.99. The van der Waals surface area contributed by atoms with Crippen LogP contribution in [0.3, 0.4) is 0 Å². The van der Waals surface area contributed by atoms with Crippen molar-refractivity contribution in [3.8, 4) is 0 Å². The zero-order chi connectivity index (χ0) is 27.4. The van der Waals surface area contributed by atoms with Gasteiger partial charge in [0.25, 0.3) is 11.5 Å². The van der Waals surface area contributed by atoms with Crippen molar-refractivity contribution < 1.29 is 19.1 Å². The van der Waals surface area contributed by atoms with Crippen molar-refractivity contribution in [3.63, 3.8) is 0 Å². The fourth-order valence-corrected chi connectivity index (χ4v) is 5.17. The fourth-order valence-electron chi connectivity index (χ4n) is 4.14. The van der Waals surface area contributed by atoms with Crippen molar-refractivity contribution in [2.24, 2.45) is 0 Å². The number of aromatic nitrogens is 2. The van der Waals surface area contributed by atoms with Gasteiger partial charge in [-0.3, -0.25) is 19.0 Å². The second-order valence-corrected chi connectivity index (χ2v) is 9.68.